The van der Waals surface area contributed by atoms with Gasteiger partial charge in [-0.05, 0) is 11.6 Å². The molecule has 7 rings (SSSR count). The minimum Gasteiger partial charge on any atom is -0.256 e. The number of aromatic nitrogens is 3. The van der Waals surface area contributed by atoms with Gasteiger partial charge in [0.15, 0.2) is 5.54 Å². The Bertz CT molecular complexity index is 1820. The highest BCUT2D eigenvalue weighted by Crippen LogP contribution is 2.36. The van der Waals surface area contributed by atoms with Gasteiger partial charge in [0, 0.05) is 40.4 Å². The van der Waals surface area contributed by atoms with Gasteiger partial charge in [-0.25, -0.2) is 9.13 Å². The molecule has 0 fully saturated rings. The summed E-state index contributed by atoms with van der Waals surface area (Å²) in [5.74, 6) is 0. The first-order valence-electron chi connectivity index (χ1n) is 15.1. The molecule has 0 unspecified atom stereocenters. The summed E-state index contributed by atoms with van der Waals surface area (Å²) in [6.07, 6.45) is 7.46. The minimum atomic E-state index is -0.574. The molecule has 0 aliphatic heterocycles. The fourth-order valence-electron chi connectivity index (χ4n) is 6.25. The van der Waals surface area contributed by atoms with Gasteiger partial charge in [-0.3, -0.25) is 4.98 Å². The van der Waals surface area contributed by atoms with Crippen molar-refractivity contribution in [1.29, 1.82) is 0 Å². The quantitative estimate of drug-likeness (QED) is 0.127. The molecule has 0 aliphatic carbocycles. The van der Waals surface area contributed by atoms with Crippen LogP contribution in [0.5, 0.6) is 0 Å². The summed E-state index contributed by atoms with van der Waals surface area (Å²) in [4.78, 5) is 4.84. The lowest BCUT2D eigenvalue weighted by Crippen LogP contribution is -2.57. The summed E-state index contributed by atoms with van der Waals surface area (Å²) < 4.78 is 4.80. The molecule has 3 nitrogen and oxygen atoms in total. The monoisotopic (exact) mass is 568 g/mol. The van der Waals surface area contributed by atoms with Crippen molar-refractivity contribution < 1.29 is 4.57 Å². The third-order valence-corrected chi connectivity index (χ3v) is 8.36. The van der Waals surface area contributed by atoms with Crippen LogP contribution in [0.4, 0.5) is 0 Å². The standard InChI is InChI=1S/C41H34N3/c1-6-16-33(17-7-1)28-39-31-44(32-43(39)30-34-26-27-40(42-29-34)35-18-8-2-9-19-35)41(36-20-10-3-11-21-36,37-22-12-4-13-23-37)38-24-14-5-15-25-38/h1-27,29,31-32H,28,30H2/q+1. The van der Waals surface area contributed by atoms with Crippen LogP contribution in [0.1, 0.15) is 33.5 Å². The fourth-order valence-corrected chi connectivity index (χ4v) is 6.25. The second-order valence-electron chi connectivity index (χ2n) is 11.2. The summed E-state index contributed by atoms with van der Waals surface area (Å²) in [6.45, 7) is 0.714. The molecule has 212 valence electrons. The molecule has 3 heteroatoms. The number of rotatable bonds is 9. The van der Waals surface area contributed by atoms with E-state index in [4.69, 9.17) is 4.98 Å². The van der Waals surface area contributed by atoms with Gasteiger partial charge in [0.05, 0.1) is 5.69 Å². The van der Waals surface area contributed by atoms with Crippen molar-refractivity contribution in [3.05, 3.63) is 216 Å². The summed E-state index contributed by atoms with van der Waals surface area (Å²) in [5.41, 5.74) is 8.83. The molecule has 0 bridgehead atoms. The van der Waals surface area contributed by atoms with E-state index in [0.29, 0.717) is 6.54 Å². The van der Waals surface area contributed by atoms with E-state index >= 15 is 0 Å². The number of benzene rings is 5. The lowest BCUT2D eigenvalue weighted by molar-refractivity contribution is -0.734. The van der Waals surface area contributed by atoms with Crippen LogP contribution >= 0.6 is 0 Å². The number of hydrogen-bond acceptors (Lipinski definition) is 1. The number of imidazole rings is 1. The molecule has 5 aromatic carbocycles. The Labute approximate surface area is 259 Å². The molecule has 0 saturated carbocycles. The molecular formula is C41H34N3+. The Morgan fingerprint density at radius 2 is 1.02 bits per heavy atom. The zero-order chi connectivity index (χ0) is 29.6. The molecule has 2 aromatic heterocycles. The van der Waals surface area contributed by atoms with Gasteiger partial charge in [0.2, 0.25) is 6.33 Å². The van der Waals surface area contributed by atoms with Crippen LogP contribution in [-0.2, 0) is 18.5 Å². The van der Waals surface area contributed by atoms with Gasteiger partial charge in [0.1, 0.15) is 18.4 Å². The molecule has 0 atom stereocenters. The van der Waals surface area contributed by atoms with E-state index < -0.39 is 5.54 Å². The zero-order valence-corrected chi connectivity index (χ0v) is 24.6. The molecular weight excluding hydrogens is 534 g/mol. The predicted octanol–water partition coefficient (Wildman–Crippen LogP) is 8.32. The van der Waals surface area contributed by atoms with Gasteiger partial charge in [0.25, 0.3) is 0 Å². The Kier molecular flexibility index (Phi) is 7.67. The molecule has 0 aliphatic rings. The highest BCUT2D eigenvalue weighted by molar-refractivity contribution is 5.58. The van der Waals surface area contributed by atoms with E-state index in [-0.39, 0.29) is 0 Å². The largest absolute Gasteiger partial charge is 0.256 e. The Balaban J connectivity index is 1.39. The number of hydrogen-bond donors (Lipinski definition) is 0. The minimum absolute atomic E-state index is 0.574. The average molecular weight is 569 g/mol. The Morgan fingerprint density at radius 1 is 0.523 bits per heavy atom. The van der Waals surface area contributed by atoms with E-state index in [1.807, 2.05) is 12.3 Å². The fraction of sp³-hybridized carbons (Fsp3) is 0.0732. The van der Waals surface area contributed by atoms with Crippen LogP contribution in [0.3, 0.4) is 0 Å². The van der Waals surface area contributed by atoms with E-state index in [2.05, 4.69) is 179 Å². The summed E-state index contributed by atoms with van der Waals surface area (Å²) in [6, 6.07) is 57.9. The molecule has 0 radical (unpaired) electrons. The van der Waals surface area contributed by atoms with Gasteiger partial charge < -0.3 is 0 Å². The highest BCUT2D eigenvalue weighted by atomic mass is 15.2. The first kappa shape index (κ1) is 27.3. The number of pyridine rings is 1. The van der Waals surface area contributed by atoms with E-state index in [1.165, 1.54) is 27.9 Å². The topological polar surface area (TPSA) is 21.7 Å². The maximum atomic E-state index is 4.84. The van der Waals surface area contributed by atoms with E-state index in [9.17, 15) is 0 Å². The molecule has 0 N–H and O–H groups in total. The highest BCUT2D eigenvalue weighted by Gasteiger charge is 2.43. The van der Waals surface area contributed by atoms with Crippen LogP contribution in [0.25, 0.3) is 11.3 Å². The predicted molar refractivity (Wildman–Crippen MR) is 177 cm³/mol. The SMILES string of the molecule is c1ccc(Cc2c[n+](C(c3ccccc3)(c3ccccc3)c3ccccc3)cn2Cc2ccc(-c3ccccc3)nc2)cc1. The van der Waals surface area contributed by atoms with Crippen molar-refractivity contribution in [1.82, 2.24) is 9.55 Å². The third kappa shape index (κ3) is 5.36. The average Bonchev–Trinajstić information content (AvgIpc) is 3.49. The van der Waals surface area contributed by atoms with E-state index in [0.717, 1.165) is 23.2 Å². The van der Waals surface area contributed by atoms with Crippen molar-refractivity contribution in [3.63, 3.8) is 0 Å². The third-order valence-electron chi connectivity index (χ3n) is 8.36. The lowest BCUT2D eigenvalue weighted by Gasteiger charge is -2.32. The lowest BCUT2D eigenvalue weighted by atomic mass is 9.77. The van der Waals surface area contributed by atoms with Crippen LogP contribution in [-0.4, -0.2) is 9.55 Å². The smallest absolute Gasteiger partial charge is 0.245 e. The molecule has 0 amide bonds. The second kappa shape index (κ2) is 12.4. The maximum Gasteiger partial charge on any atom is 0.245 e. The van der Waals surface area contributed by atoms with Gasteiger partial charge in [-0.15, -0.1) is 0 Å². The van der Waals surface area contributed by atoms with Crippen LogP contribution in [0.2, 0.25) is 0 Å². The van der Waals surface area contributed by atoms with Crippen molar-refractivity contribution in [2.45, 2.75) is 18.5 Å². The van der Waals surface area contributed by atoms with Gasteiger partial charge in [-0.2, -0.15) is 0 Å². The van der Waals surface area contributed by atoms with Crippen molar-refractivity contribution in [3.8, 4) is 11.3 Å². The Morgan fingerprint density at radius 3 is 1.52 bits per heavy atom. The molecule has 2 heterocycles. The van der Waals surface area contributed by atoms with Crippen LogP contribution < -0.4 is 4.57 Å². The zero-order valence-electron chi connectivity index (χ0n) is 24.6. The van der Waals surface area contributed by atoms with Crippen LogP contribution in [0.15, 0.2) is 183 Å². The second-order valence-corrected chi connectivity index (χ2v) is 11.2. The van der Waals surface area contributed by atoms with Crippen LogP contribution in [0, 0.1) is 0 Å². The molecule has 44 heavy (non-hydrogen) atoms. The Hall–Kier alpha value is -5.54. The first-order chi connectivity index (χ1) is 21.8. The molecule has 0 spiro atoms. The molecule has 0 saturated heterocycles. The summed E-state index contributed by atoms with van der Waals surface area (Å²) in [7, 11) is 0. The molecule has 7 aromatic rings. The first-order valence-corrected chi connectivity index (χ1v) is 15.1. The number of nitrogens with zero attached hydrogens (tertiary/aromatic N) is 3. The summed E-state index contributed by atoms with van der Waals surface area (Å²) >= 11 is 0. The van der Waals surface area contributed by atoms with Crippen molar-refractivity contribution in [2.75, 3.05) is 0 Å². The maximum absolute atomic E-state index is 4.84. The summed E-state index contributed by atoms with van der Waals surface area (Å²) in [5, 5.41) is 0. The van der Waals surface area contributed by atoms with Crippen molar-refractivity contribution >= 4 is 0 Å². The normalized spacial score (nSPS) is 11.4. The van der Waals surface area contributed by atoms with Gasteiger partial charge >= 0.3 is 0 Å². The van der Waals surface area contributed by atoms with Gasteiger partial charge in [-0.1, -0.05) is 158 Å². The van der Waals surface area contributed by atoms with E-state index in [1.54, 1.807) is 0 Å². The van der Waals surface area contributed by atoms with Crippen molar-refractivity contribution in [2.24, 2.45) is 0 Å².